The van der Waals surface area contributed by atoms with Crippen molar-refractivity contribution >= 4 is 17.5 Å². The van der Waals surface area contributed by atoms with Gasteiger partial charge in [-0.1, -0.05) is 18.6 Å². The maximum atomic E-state index is 13.7. The third kappa shape index (κ3) is 3.72. The molecule has 2 fully saturated rings. The molecule has 2 amide bonds. The lowest BCUT2D eigenvalue weighted by Gasteiger charge is -2.36. The van der Waals surface area contributed by atoms with Crippen molar-refractivity contribution in [3.05, 3.63) is 47.5 Å². The number of carbonyl (C=O) groups is 2. The SMILES string of the molecule is O=C(Nc1ccccc1F)c1cc(C2CCN(C(=O)C3CCC3)CC2)[nH]n1. The number of amides is 2. The molecule has 1 aromatic carbocycles. The number of hydrogen-bond donors (Lipinski definition) is 2. The van der Waals surface area contributed by atoms with Gasteiger partial charge in [0.15, 0.2) is 5.69 Å². The molecule has 0 bridgehead atoms. The van der Waals surface area contributed by atoms with Crippen molar-refractivity contribution in [1.29, 1.82) is 0 Å². The van der Waals surface area contributed by atoms with E-state index in [9.17, 15) is 14.0 Å². The minimum absolute atomic E-state index is 0.134. The van der Waals surface area contributed by atoms with Crippen molar-refractivity contribution in [3.63, 3.8) is 0 Å². The topological polar surface area (TPSA) is 78.1 Å². The molecule has 6 nitrogen and oxygen atoms in total. The maximum Gasteiger partial charge on any atom is 0.276 e. The van der Waals surface area contributed by atoms with Gasteiger partial charge in [-0.2, -0.15) is 5.10 Å². The number of carbonyl (C=O) groups excluding carboxylic acids is 2. The summed E-state index contributed by atoms with van der Waals surface area (Å²) in [5, 5.41) is 9.56. The Bertz CT molecular complexity index is 838. The molecular formula is C20H23FN4O2. The van der Waals surface area contributed by atoms with E-state index in [1.54, 1.807) is 18.2 Å². The number of nitrogens with zero attached hydrogens (tertiary/aromatic N) is 2. The van der Waals surface area contributed by atoms with Crippen LogP contribution in [0.3, 0.4) is 0 Å². The zero-order valence-corrected chi connectivity index (χ0v) is 15.1. The quantitative estimate of drug-likeness (QED) is 0.867. The molecule has 2 N–H and O–H groups in total. The molecule has 4 rings (SSSR count). The predicted molar refractivity (Wildman–Crippen MR) is 98.8 cm³/mol. The van der Waals surface area contributed by atoms with Gasteiger partial charge in [0.2, 0.25) is 5.91 Å². The van der Waals surface area contributed by atoms with Crippen molar-refractivity contribution in [1.82, 2.24) is 15.1 Å². The van der Waals surface area contributed by atoms with E-state index in [0.29, 0.717) is 5.91 Å². The van der Waals surface area contributed by atoms with Gasteiger partial charge in [-0.15, -0.1) is 0 Å². The van der Waals surface area contributed by atoms with Crippen molar-refractivity contribution in [2.24, 2.45) is 5.92 Å². The molecule has 1 aliphatic heterocycles. The third-order valence-electron chi connectivity index (χ3n) is 5.65. The first-order chi connectivity index (χ1) is 13.1. The number of hydrogen-bond acceptors (Lipinski definition) is 3. The first-order valence-electron chi connectivity index (χ1n) is 9.52. The molecule has 1 saturated heterocycles. The van der Waals surface area contributed by atoms with Crippen LogP contribution in [0, 0.1) is 11.7 Å². The number of benzene rings is 1. The second-order valence-corrected chi connectivity index (χ2v) is 7.37. The number of piperidine rings is 1. The lowest BCUT2D eigenvalue weighted by atomic mass is 9.83. The fourth-order valence-corrected chi connectivity index (χ4v) is 3.74. The Morgan fingerprint density at radius 3 is 2.56 bits per heavy atom. The molecule has 27 heavy (non-hydrogen) atoms. The summed E-state index contributed by atoms with van der Waals surface area (Å²) in [6.45, 7) is 1.49. The number of rotatable bonds is 4. The van der Waals surface area contributed by atoms with E-state index >= 15 is 0 Å². The Morgan fingerprint density at radius 1 is 1.15 bits per heavy atom. The van der Waals surface area contributed by atoms with E-state index < -0.39 is 11.7 Å². The van der Waals surface area contributed by atoms with Crippen molar-refractivity contribution < 1.29 is 14.0 Å². The molecule has 7 heteroatoms. The lowest BCUT2D eigenvalue weighted by Crippen LogP contribution is -2.43. The normalized spacial score (nSPS) is 18.2. The van der Waals surface area contributed by atoms with E-state index in [0.717, 1.165) is 44.5 Å². The summed E-state index contributed by atoms with van der Waals surface area (Å²) in [4.78, 5) is 26.6. The van der Waals surface area contributed by atoms with E-state index in [4.69, 9.17) is 0 Å². The number of likely N-dealkylation sites (tertiary alicyclic amines) is 1. The van der Waals surface area contributed by atoms with Gasteiger partial charge in [-0.25, -0.2) is 4.39 Å². The number of aromatic amines is 1. The van der Waals surface area contributed by atoms with Crippen LogP contribution in [-0.4, -0.2) is 40.0 Å². The zero-order valence-electron chi connectivity index (χ0n) is 15.1. The largest absolute Gasteiger partial charge is 0.342 e. The number of anilines is 1. The monoisotopic (exact) mass is 370 g/mol. The Kier molecular flexibility index (Phi) is 4.92. The summed E-state index contributed by atoms with van der Waals surface area (Å²) in [6.07, 6.45) is 4.93. The highest BCUT2D eigenvalue weighted by molar-refractivity contribution is 6.02. The van der Waals surface area contributed by atoms with Crippen LogP contribution in [0.1, 0.15) is 54.2 Å². The van der Waals surface area contributed by atoms with E-state index in [1.165, 1.54) is 18.6 Å². The summed E-state index contributed by atoms with van der Waals surface area (Å²) in [5.41, 5.74) is 1.26. The van der Waals surface area contributed by atoms with Crippen LogP contribution in [-0.2, 0) is 4.79 Å². The summed E-state index contributed by atoms with van der Waals surface area (Å²) in [7, 11) is 0. The van der Waals surface area contributed by atoms with Gasteiger partial charge in [0, 0.05) is 30.6 Å². The summed E-state index contributed by atoms with van der Waals surface area (Å²) >= 11 is 0. The second kappa shape index (κ2) is 7.50. The minimum Gasteiger partial charge on any atom is -0.342 e. The molecule has 0 radical (unpaired) electrons. The van der Waals surface area contributed by atoms with Gasteiger partial charge in [0.05, 0.1) is 5.69 Å². The van der Waals surface area contributed by atoms with E-state index in [1.807, 2.05) is 4.90 Å². The van der Waals surface area contributed by atoms with E-state index in [-0.39, 0.29) is 23.2 Å². The average molecular weight is 370 g/mol. The van der Waals surface area contributed by atoms with Gasteiger partial charge >= 0.3 is 0 Å². The van der Waals surface area contributed by atoms with Crippen molar-refractivity contribution in [3.8, 4) is 0 Å². The number of para-hydroxylation sites is 1. The molecule has 1 saturated carbocycles. The highest BCUT2D eigenvalue weighted by Crippen LogP contribution is 2.32. The Labute approximate surface area is 157 Å². The average Bonchev–Trinajstić information content (AvgIpc) is 3.12. The standard InChI is InChI=1S/C20H23FN4O2/c21-15-6-1-2-7-16(15)22-19(26)18-12-17(23-24-18)13-8-10-25(11-9-13)20(27)14-4-3-5-14/h1-2,6-7,12-14H,3-5,8-11H2,(H,22,26)(H,23,24). The fraction of sp³-hybridized carbons (Fsp3) is 0.450. The molecule has 1 aliphatic carbocycles. The fourth-order valence-electron chi connectivity index (χ4n) is 3.74. The highest BCUT2D eigenvalue weighted by Gasteiger charge is 2.32. The lowest BCUT2D eigenvalue weighted by molar-refractivity contribution is -0.139. The Morgan fingerprint density at radius 2 is 1.89 bits per heavy atom. The van der Waals surface area contributed by atoms with Gasteiger partial charge in [-0.3, -0.25) is 14.7 Å². The first-order valence-corrected chi connectivity index (χ1v) is 9.52. The summed E-state index contributed by atoms with van der Waals surface area (Å²) in [5.74, 6) is -0.139. The van der Waals surface area contributed by atoms with Crippen molar-refractivity contribution in [2.45, 2.75) is 38.0 Å². The molecule has 1 aromatic heterocycles. The first kappa shape index (κ1) is 17.7. The van der Waals surface area contributed by atoms with Gasteiger partial charge in [-0.05, 0) is 43.9 Å². The summed E-state index contributed by atoms with van der Waals surface area (Å²) in [6, 6.07) is 7.76. The molecular weight excluding hydrogens is 347 g/mol. The molecule has 2 aromatic rings. The van der Waals surface area contributed by atoms with Crippen LogP contribution in [0.4, 0.5) is 10.1 Å². The number of H-pyrrole nitrogens is 1. The highest BCUT2D eigenvalue weighted by atomic mass is 19.1. The van der Waals surface area contributed by atoms with Crippen LogP contribution in [0.25, 0.3) is 0 Å². The molecule has 2 heterocycles. The van der Waals surface area contributed by atoms with Crippen molar-refractivity contribution in [2.75, 3.05) is 18.4 Å². The van der Waals surface area contributed by atoms with Crippen LogP contribution < -0.4 is 5.32 Å². The molecule has 0 unspecified atom stereocenters. The molecule has 0 atom stereocenters. The number of nitrogens with one attached hydrogen (secondary N) is 2. The third-order valence-corrected chi connectivity index (χ3v) is 5.65. The zero-order chi connectivity index (χ0) is 18.8. The second-order valence-electron chi connectivity index (χ2n) is 7.37. The number of aromatic nitrogens is 2. The summed E-state index contributed by atoms with van der Waals surface area (Å²) < 4.78 is 13.7. The Hall–Kier alpha value is -2.70. The van der Waals surface area contributed by atoms with Crippen LogP contribution in [0.5, 0.6) is 0 Å². The van der Waals surface area contributed by atoms with Crippen LogP contribution in [0.15, 0.2) is 30.3 Å². The van der Waals surface area contributed by atoms with Crippen LogP contribution >= 0.6 is 0 Å². The molecule has 0 spiro atoms. The van der Waals surface area contributed by atoms with Gasteiger partial charge in [0.25, 0.3) is 5.91 Å². The number of halogens is 1. The van der Waals surface area contributed by atoms with Gasteiger partial charge < -0.3 is 10.2 Å². The van der Waals surface area contributed by atoms with E-state index in [2.05, 4.69) is 15.5 Å². The Balaban J connectivity index is 1.35. The van der Waals surface area contributed by atoms with Gasteiger partial charge in [0.1, 0.15) is 5.82 Å². The maximum absolute atomic E-state index is 13.7. The minimum atomic E-state index is -0.481. The van der Waals surface area contributed by atoms with Crippen LogP contribution in [0.2, 0.25) is 0 Å². The molecule has 2 aliphatic rings. The molecule has 142 valence electrons. The smallest absolute Gasteiger partial charge is 0.276 e. The predicted octanol–water partition coefficient (Wildman–Crippen LogP) is 3.31.